The molecule has 0 saturated heterocycles. The molecule has 1 nitrogen and oxygen atoms in total. The van der Waals surface area contributed by atoms with Gasteiger partial charge in [-0.2, -0.15) is 0 Å². The third-order valence-corrected chi connectivity index (χ3v) is 6.39. The van der Waals surface area contributed by atoms with Gasteiger partial charge in [0.1, 0.15) is 0 Å². The molecule has 0 amide bonds. The molecule has 0 aliphatic heterocycles. The van der Waals surface area contributed by atoms with Crippen LogP contribution in [0.2, 0.25) is 0 Å². The van der Waals surface area contributed by atoms with Crippen molar-refractivity contribution in [2.45, 2.75) is 25.3 Å². The van der Waals surface area contributed by atoms with Gasteiger partial charge in [-0.3, -0.25) is 4.90 Å². The van der Waals surface area contributed by atoms with Crippen molar-refractivity contribution in [3.05, 3.63) is 144 Å². The minimum Gasteiger partial charge on any atom is -0.295 e. The molecule has 4 aromatic carbocycles. The average molecular weight is 429 g/mol. The predicted octanol–water partition coefficient (Wildman–Crippen LogP) is 6.72. The van der Waals surface area contributed by atoms with Crippen molar-refractivity contribution in [2.24, 2.45) is 0 Å². The van der Waals surface area contributed by atoms with Crippen LogP contribution in [0.15, 0.2) is 121 Å². The Balaban J connectivity index is 0.00000289. The van der Waals surface area contributed by atoms with Crippen LogP contribution in [0.4, 0.5) is 0 Å². The first-order chi connectivity index (χ1) is 15.3. The van der Waals surface area contributed by atoms with Crippen LogP contribution in [0.3, 0.4) is 0 Å². The van der Waals surface area contributed by atoms with E-state index in [2.05, 4.69) is 140 Å². The summed E-state index contributed by atoms with van der Waals surface area (Å²) >= 11 is 0. The molecule has 1 radical (unpaired) electrons. The first-order valence-corrected chi connectivity index (χ1v) is 11.3. The fraction of sp³-hybridized carbons (Fsp3) is 0.200. The van der Waals surface area contributed by atoms with E-state index >= 15 is 0 Å². The molecule has 4 rings (SSSR count). The zero-order chi connectivity index (χ0) is 21.5. The molecule has 0 saturated carbocycles. The second-order valence-corrected chi connectivity index (χ2v) is 7.94. The van der Waals surface area contributed by atoms with E-state index < -0.39 is 0 Å². The summed E-state index contributed by atoms with van der Waals surface area (Å²) in [6.45, 7) is 6.49. The predicted molar refractivity (Wildman–Crippen MR) is 137 cm³/mol. The van der Waals surface area contributed by atoms with Crippen LogP contribution >= 0.6 is 0 Å². The van der Waals surface area contributed by atoms with Gasteiger partial charge in [0.05, 0.1) is 11.5 Å². The Morgan fingerprint density at radius 1 is 0.531 bits per heavy atom. The summed E-state index contributed by atoms with van der Waals surface area (Å²) in [5.74, 6) is 0. The van der Waals surface area contributed by atoms with Crippen molar-refractivity contribution >= 4 is 29.6 Å². The maximum Gasteiger partial charge on any atom is 0.0648 e. The van der Waals surface area contributed by atoms with Gasteiger partial charge in [-0.15, -0.1) is 0 Å². The van der Waals surface area contributed by atoms with Gasteiger partial charge in [0.15, 0.2) is 0 Å². The maximum absolute atomic E-state index is 2.60. The minimum atomic E-state index is -0.350. The van der Waals surface area contributed by atoms with E-state index in [0.29, 0.717) is 0 Å². The summed E-state index contributed by atoms with van der Waals surface area (Å²) in [4.78, 5) is 2.60. The number of likely N-dealkylation sites (N-methyl/N-ethyl adjacent to an activating group) is 1. The largest absolute Gasteiger partial charge is 0.295 e. The van der Waals surface area contributed by atoms with E-state index in [0.717, 1.165) is 13.1 Å². The second-order valence-electron chi connectivity index (χ2n) is 7.94. The van der Waals surface area contributed by atoms with Crippen molar-refractivity contribution in [1.29, 1.82) is 0 Å². The third-order valence-electron chi connectivity index (χ3n) is 6.39. The van der Waals surface area contributed by atoms with Crippen LogP contribution in [0.25, 0.3) is 0 Å². The summed E-state index contributed by atoms with van der Waals surface area (Å²) < 4.78 is 0. The summed E-state index contributed by atoms with van der Waals surface area (Å²) in [5.41, 5.74) is 4.93. The Labute approximate surface area is 215 Å². The first kappa shape index (κ1) is 24.5. The summed E-state index contributed by atoms with van der Waals surface area (Å²) in [7, 11) is 0. The van der Waals surface area contributed by atoms with Gasteiger partial charge in [-0.25, -0.2) is 0 Å². The number of hydrogen-bond donors (Lipinski definition) is 0. The second kappa shape index (κ2) is 11.6. The quantitative estimate of drug-likeness (QED) is 0.222. The van der Waals surface area contributed by atoms with Gasteiger partial charge >= 0.3 is 0 Å². The molecule has 0 heterocycles. The average Bonchev–Trinajstić information content (AvgIpc) is 2.86. The Morgan fingerprint density at radius 2 is 0.844 bits per heavy atom. The van der Waals surface area contributed by atoms with Gasteiger partial charge in [-0.05, 0) is 35.3 Å². The van der Waals surface area contributed by atoms with E-state index in [1.807, 2.05) is 0 Å². The van der Waals surface area contributed by atoms with E-state index in [9.17, 15) is 0 Å². The van der Waals surface area contributed by atoms with Crippen LogP contribution < -0.4 is 0 Å². The third kappa shape index (κ3) is 4.63. The SMILES string of the molecule is CCN(CC)C(c1ccccc1)C(c1ccccc1)(c1ccccc1)c1ccccc1.[Na]. The molecular formula is C30H31NNa. The zero-order valence-corrected chi connectivity index (χ0v) is 21.5. The normalized spacial score (nSPS) is 12.2. The van der Waals surface area contributed by atoms with Crippen LogP contribution in [0.5, 0.6) is 0 Å². The number of nitrogens with zero attached hydrogens (tertiary/aromatic N) is 1. The standard InChI is InChI=1S/C30H31N.Na/c1-3-31(4-2)29(25-17-9-5-10-18-25)30(26-19-11-6-12-20-26,27-21-13-7-14-22-27)28-23-15-8-16-24-28;/h5-24,29H,3-4H2,1-2H3;. The molecule has 0 spiro atoms. The summed E-state index contributed by atoms with van der Waals surface area (Å²) in [6.07, 6.45) is 0. The fourth-order valence-corrected chi connectivity index (χ4v) is 5.04. The van der Waals surface area contributed by atoms with Crippen LogP contribution in [-0.4, -0.2) is 47.5 Å². The number of hydrogen-bond acceptors (Lipinski definition) is 1. The van der Waals surface area contributed by atoms with Gasteiger partial charge in [0.25, 0.3) is 0 Å². The Bertz CT molecular complexity index is 948. The smallest absolute Gasteiger partial charge is 0.0648 e. The molecule has 0 N–H and O–H groups in total. The van der Waals surface area contributed by atoms with Crippen molar-refractivity contribution in [3.63, 3.8) is 0 Å². The van der Waals surface area contributed by atoms with Crippen LogP contribution in [0.1, 0.15) is 42.1 Å². The summed E-state index contributed by atoms with van der Waals surface area (Å²) in [5, 5.41) is 0. The van der Waals surface area contributed by atoms with Gasteiger partial charge in [0.2, 0.25) is 0 Å². The molecule has 1 unspecified atom stereocenters. The number of benzene rings is 4. The molecule has 0 bridgehead atoms. The number of rotatable bonds is 8. The van der Waals surface area contributed by atoms with E-state index in [1.165, 1.54) is 22.3 Å². The molecule has 32 heavy (non-hydrogen) atoms. The van der Waals surface area contributed by atoms with Gasteiger partial charge in [0, 0.05) is 29.6 Å². The van der Waals surface area contributed by atoms with E-state index in [1.54, 1.807) is 0 Å². The maximum atomic E-state index is 2.60. The molecule has 4 aromatic rings. The molecule has 0 aromatic heterocycles. The van der Waals surface area contributed by atoms with Crippen LogP contribution in [-0.2, 0) is 5.41 Å². The van der Waals surface area contributed by atoms with Gasteiger partial charge < -0.3 is 0 Å². The molecule has 157 valence electrons. The Kier molecular flexibility index (Phi) is 8.90. The molecule has 0 aliphatic carbocycles. The van der Waals surface area contributed by atoms with Crippen molar-refractivity contribution in [3.8, 4) is 0 Å². The Hall–Kier alpha value is -2.16. The topological polar surface area (TPSA) is 3.24 Å². The van der Waals surface area contributed by atoms with Crippen LogP contribution in [0, 0.1) is 0 Å². The minimum absolute atomic E-state index is 0. The monoisotopic (exact) mass is 428 g/mol. The van der Waals surface area contributed by atoms with E-state index in [4.69, 9.17) is 0 Å². The zero-order valence-electron chi connectivity index (χ0n) is 19.5. The molecule has 1 atom stereocenters. The summed E-state index contributed by atoms with van der Waals surface area (Å²) in [6, 6.07) is 44.2. The Morgan fingerprint density at radius 3 is 1.16 bits per heavy atom. The molecule has 2 heteroatoms. The first-order valence-electron chi connectivity index (χ1n) is 11.3. The molecule has 0 fully saturated rings. The fourth-order valence-electron chi connectivity index (χ4n) is 5.04. The molecular weight excluding hydrogens is 397 g/mol. The molecule has 0 aliphatic rings. The van der Waals surface area contributed by atoms with E-state index in [-0.39, 0.29) is 41.0 Å². The van der Waals surface area contributed by atoms with Crippen molar-refractivity contribution in [1.82, 2.24) is 4.90 Å². The van der Waals surface area contributed by atoms with Gasteiger partial charge in [-0.1, -0.05) is 135 Å². The van der Waals surface area contributed by atoms with Crippen molar-refractivity contribution < 1.29 is 0 Å². The van der Waals surface area contributed by atoms with Crippen molar-refractivity contribution in [2.75, 3.05) is 13.1 Å².